The molecule has 130 valence electrons. The minimum Gasteiger partial charge on any atom is -0.461 e. The molecule has 0 aliphatic heterocycles. The standard InChI is InChI=1S/C17H28N2O3S/c1-6-8-19(9-7-2)16(20)13-12(5)14(23-15(13)18)17(21)22-10-11(3)4/h11H,6-10,18H2,1-5H3. The number of amides is 1. The van der Waals surface area contributed by atoms with Crippen LogP contribution in [0.1, 0.15) is 66.1 Å². The van der Waals surface area contributed by atoms with Gasteiger partial charge in [0.1, 0.15) is 4.88 Å². The second-order valence-electron chi connectivity index (χ2n) is 6.08. The molecule has 0 aliphatic rings. The van der Waals surface area contributed by atoms with E-state index in [9.17, 15) is 9.59 Å². The molecule has 0 aromatic carbocycles. The average Bonchev–Trinajstić information content (AvgIpc) is 2.79. The first-order chi connectivity index (χ1) is 10.8. The van der Waals surface area contributed by atoms with Gasteiger partial charge < -0.3 is 15.4 Å². The van der Waals surface area contributed by atoms with Crippen molar-refractivity contribution in [2.24, 2.45) is 5.92 Å². The zero-order chi connectivity index (χ0) is 17.6. The maximum absolute atomic E-state index is 12.8. The Morgan fingerprint density at radius 3 is 2.26 bits per heavy atom. The van der Waals surface area contributed by atoms with Gasteiger partial charge in [0.15, 0.2) is 0 Å². The summed E-state index contributed by atoms with van der Waals surface area (Å²) < 4.78 is 5.26. The van der Waals surface area contributed by atoms with Crippen molar-refractivity contribution >= 4 is 28.2 Å². The highest BCUT2D eigenvalue weighted by Crippen LogP contribution is 2.32. The SMILES string of the molecule is CCCN(CCC)C(=O)c1c(N)sc(C(=O)OCC(C)C)c1C. The van der Waals surface area contributed by atoms with E-state index < -0.39 is 5.97 Å². The van der Waals surface area contributed by atoms with E-state index in [4.69, 9.17) is 10.5 Å². The first-order valence-corrected chi connectivity index (χ1v) is 9.00. The van der Waals surface area contributed by atoms with Crippen LogP contribution in [-0.2, 0) is 4.74 Å². The van der Waals surface area contributed by atoms with Gasteiger partial charge in [-0.3, -0.25) is 4.79 Å². The van der Waals surface area contributed by atoms with Crippen LogP contribution in [0.15, 0.2) is 0 Å². The van der Waals surface area contributed by atoms with Crippen LogP contribution < -0.4 is 5.73 Å². The van der Waals surface area contributed by atoms with Crippen molar-refractivity contribution in [2.75, 3.05) is 25.4 Å². The molecule has 5 nitrogen and oxygen atoms in total. The lowest BCUT2D eigenvalue weighted by Crippen LogP contribution is -2.33. The number of ether oxygens (including phenoxy) is 1. The fourth-order valence-electron chi connectivity index (χ4n) is 2.32. The lowest BCUT2D eigenvalue weighted by atomic mass is 10.1. The number of nitrogen functional groups attached to an aromatic ring is 1. The molecule has 1 rings (SSSR count). The molecule has 23 heavy (non-hydrogen) atoms. The van der Waals surface area contributed by atoms with E-state index in [1.54, 1.807) is 11.8 Å². The number of nitrogens with two attached hydrogens (primary N) is 1. The molecule has 0 unspecified atom stereocenters. The highest BCUT2D eigenvalue weighted by Gasteiger charge is 2.26. The molecule has 0 radical (unpaired) electrons. The van der Waals surface area contributed by atoms with Crippen LogP contribution in [-0.4, -0.2) is 36.5 Å². The highest BCUT2D eigenvalue weighted by atomic mass is 32.1. The van der Waals surface area contributed by atoms with Crippen molar-refractivity contribution < 1.29 is 14.3 Å². The first-order valence-electron chi connectivity index (χ1n) is 8.18. The van der Waals surface area contributed by atoms with Gasteiger partial charge in [0, 0.05) is 13.1 Å². The van der Waals surface area contributed by atoms with Crippen molar-refractivity contribution in [2.45, 2.75) is 47.5 Å². The summed E-state index contributed by atoms with van der Waals surface area (Å²) in [5.74, 6) is -0.227. The third-order valence-electron chi connectivity index (χ3n) is 3.40. The van der Waals surface area contributed by atoms with Crippen LogP contribution in [0, 0.1) is 12.8 Å². The normalized spacial score (nSPS) is 10.9. The second kappa shape index (κ2) is 8.91. The quantitative estimate of drug-likeness (QED) is 0.732. The minimum atomic E-state index is -0.399. The van der Waals surface area contributed by atoms with Gasteiger partial charge in [-0.25, -0.2) is 4.79 Å². The van der Waals surface area contributed by atoms with Gasteiger partial charge in [-0.05, 0) is 31.2 Å². The maximum Gasteiger partial charge on any atom is 0.348 e. The molecule has 0 fully saturated rings. The van der Waals surface area contributed by atoms with Gasteiger partial charge in [0.25, 0.3) is 5.91 Å². The summed E-state index contributed by atoms with van der Waals surface area (Å²) in [7, 11) is 0. The summed E-state index contributed by atoms with van der Waals surface area (Å²) in [6.07, 6.45) is 1.77. The smallest absolute Gasteiger partial charge is 0.348 e. The molecule has 0 atom stereocenters. The van der Waals surface area contributed by atoms with Crippen LogP contribution >= 0.6 is 11.3 Å². The van der Waals surface area contributed by atoms with Gasteiger partial charge in [0.05, 0.1) is 17.2 Å². The number of nitrogens with zero attached hydrogens (tertiary/aromatic N) is 1. The van der Waals surface area contributed by atoms with Gasteiger partial charge in [-0.1, -0.05) is 27.7 Å². The molecule has 0 saturated heterocycles. The van der Waals surface area contributed by atoms with Gasteiger partial charge in [-0.15, -0.1) is 11.3 Å². The molecule has 0 bridgehead atoms. The van der Waals surface area contributed by atoms with Crippen LogP contribution in [0.4, 0.5) is 5.00 Å². The third-order valence-corrected chi connectivity index (χ3v) is 4.50. The number of anilines is 1. The molecule has 0 spiro atoms. The Morgan fingerprint density at radius 2 is 1.78 bits per heavy atom. The van der Waals surface area contributed by atoms with Crippen molar-refractivity contribution in [1.82, 2.24) is 4.90 Å². The summed E-state index contributed by atoms with van der Waals surface area (Å²) in [6, 6.07) is 0. The maximum atomic E-state index is 12.8. The molecule has 1 aromatic heterocycles. The van der Waals surface area contributed by atoms with Crippen LogP contribution in [0.3, 0.4) is 0 Å². The molecule has 1 amide bonds. The second-order valence-corrected chi connectivity index (χ2v) is 7.13. The molecule has 6 heteroatoms. The summed E-state index contributed by atoms with van der Waals surface area (Å²) in [6.45, 7) is 11.5. The van der Waals surface area contributed by atoms with E-state index in [2.05, 4.69) is 0 Å². The van der Waals surface area contributed by atoms with E-state index in [0.717, 1.165) is 24.2 Å². The molecule has 1 heterocycles. The van der Waals surface area contributed by atoms with E-state index in [-0.39, 0.29) is 11.8 Å². The van der Waals surface area contributed by atoms with Gasteiger partial charge in [0.2, 0.25) is 0 Å². The lowest BCUT2D eigenvalue weighted by molar-refractivity contribution is 0.0464. The Hall–Kier alpha value is -1.56. The summed E-state index contributed by atoms with van der Waals surface area (Å²) >= 11 is 1.14. The summed E-state index contributed by atoms with van der Waals surface area (Å²) in [5.41, 5.74) is 7.11. The number of carbonyl (C=O) groups is 2. The van der Waals surface area contributed by atoms with Crippen molar-refractivity contribution in [3.05, 3.63) is 16.0 Å². The largest absolute Gasteiger partial charge is 0.461 e. The van der Waals surface area contributed by atoms with Gasteiger partial charge in [-0.2, -0.15) is 0 Å². The zero-order valence-corrected chi connectivity index (χ0v) is 15.6. The first kappa shape index (κ1) is 19.5. The number of carbonyl (C=O) groups excluding carboxylic acids is 2. The Labute approximate surface area is 142 Å². The van der Waals surface area contributed by atoms with E-state index in [1.807, 2.05) is 27.7 Å². The van der Waals surface area contributed by atoms with E-state index >= 15 is 0 Å². The number of hydrogen-bond acceptors (Lipinski definition) is 5. The zero-order valence-electron chi connectivity index (χ0n) is 14.8. The molecule has 0 aliphatic carbocycles. The lowest BCUT2D eigenvalue weighted by Gasteiger charge is -2.21. The highest BCUT2D eigenvalue weighted by molar-refractivity contribution is 7.18. The van der Waals surface area contributed by atoms with E-state index in [0.29, 0.717) is 40.7 Å². The van der Waals surface area contributed by atoms with Crippen LogP contribution in [0.25, 0.3) is 0 Å². The molecule has 2 N–H and O–H groups in total. The molecule has 0 saturated carbocycles. The monoisotopic (exact) mass is 340 g/mol. The Kier molecular flexibility index (Phi) is 7.55. The number of rotatable bonds is 8. The molecular weight excluding hydrogens is 312 g/mol. The van der Waals surface area contributed by atoms with Crippen molar-refractivity contribution in [3.63, 3.8) is 0 Å². The summed E-state index contributed by atoms with van der Waals surface area (Å²) in [5, 5.41) is 0.390. The number of esters is 1. The molecule has 1 aromatic rings. The predicted octanol–water partition coefficient (Wildman–Crippen LogP) is 3.71. The fraction of sp³-hybridized carbons (Fsp3) is 0.647. The number of hydrogen-bond donors (Lipinski definition) is 1. The van der Waals surface area contributed by atoms with Gasteiger partial charge >= 0.3 is 5.97 Å². The average molecular weight is 340 g/mol. The van der Waals surface area contributed by atoms with Crippen LogP contribution in [0.5, 0.6) is 0 Å². The Morgan fingerprint density at radius 1 is 1.22 bits per heavy atom. The van der Waals surface area contributed by atoms with Crippen LogP contribution in [0.2, 0.25) is 0 Å². The van der Waals surface area contributed by atoms with Crippen molar-refractivity contribution in [3.8, 4) is 0 Å². The Balaban J connectivity index is 3.04. The summed E-state index contributed by atoms with van der Waals surface area (Å²) in [4.78, 5) is 27.2. The predicted molar refractivity (Wildman–Crippen MR) is 95.1 cm³/mol. The Bertz CT molecular complexity index is 546. The topological polar surface area (TPSA) is 72.6 Å². The molecular formula is C17H28N2O3S. The minimum absolute atomic E-state index is 0.0946. The number of thiophene rings is 1. The van der Waals surface area contributed by atoms with E-state index in [1.165, 1.54) is 0 Å². The third kappa shape index (κ3) is 4.96. The van der Waals surface area contributed by atoms with Crippen molar-refractivity contribution in [1.29, 1.82) is 0 Å². The fourth-order valence-corrected chi connectivity index (χ4v) is 3.28.